The zero-order chi connectivity index (χ0) is 19.1. The van der Waals surface area contributed by atoms with Crippen molar-refractivity contribution in [2.75, 3.05) is 0 Å². The van der Waals surface area contributed by atoms with Crippen LogP contribution >= 0.6 is 0 Å². The molecule has 0 saturated carbocycles. The molecule has 2 heterocycles. The van der Waals surface area contributed by atoms with Crippen molar-refractivity contribution in [2.24, 2.45) is 7.05 Å². The Morgan fingerprint density at radius 2 is 2.04 bits per heavy atom. The van der Waals surface area contributed by atoms with Crippen LogP contribution in [0.25, 0.3) is 21.9 Å². The number of hydrogen-bond acceptors (Lipinski definition) is 3. The van der Waals surface area contributed by atoms with Crippen molar-refractivity contribution in [3.8, 4) is 11.1 Å². The van der Waals surface area contributed by atoms with E-state index in [9.17, 15) is 4.79 Å². The minimum absolute atomic E-state index is 0.0260. The van der Waals surface area contributed by atoms with Gasteiger partial charge in [-0.05, 0) is 40.8 Å². The second-order valence-corrected chi connectivity index (χ2v) is 7.40. The molecule has 5 rings (SSSR count). The normalized spacial score (nSPS) is 16.1. The SMILES string of the molecule is Cn1cc(-c2cccc3c(C(=O)NC4CCc5cn[nH]c5C4)cccc23)cn1. The van der Waals surface area contributed by atoms with Crippen LogP contribution in [0.4, 0.5) is 0 Å². The number of carbonyl (C=O) groups is 1. The fourth-order valence-electron chi connectivity index (χ4n) is 4.11. The first-order chi connectivity index (χ1) is 13.7. The molecule has 140 valence electrons. The van der Waals surface area contributed by atoms with E-state index in [0.717, 1.165) is 46.9 Å². The van der Waals surface area contributed by atoms with Crippen LogP contribution in [0.5, 0.6) is 0 Å². The van der Waals surface area contributed by atoms with E-state index in [4.69, 9.17) is 0 Å². The lowest BCUT2D eigenvalue weighted by Gasteiger charge is -2.23. The summed E-state index contributed by atoms with van der Waals surface area (Å²) >= 11 is 0. The minimum Gasteiger partial charge on any atom is -0.349 e. The summed E-state index contributed by atoms with van der Waals surface area (Å²) in [6.07, 6.45) is 8.41. The van der Waals surface area contributed by atoms with Crippen molar-refractivity contribution in [3.63, 3.8) is 0 Å². The molecule has 4 aromatic rings. The lowest BCUT2D eigenvalue weighted by molar-refractivity contribution is 0.0935. The number of fused-ring (bicyclic) bond motifs is 2. The standard InChI is InChI=1S/C22H21N5O/c1-27-13-15(12-24-27)17-4-2-6-19-18(17)5-3-7-20(19)22(28)25-16-9-8-14-11-23-26-21(14)10-16/h2-7,11-13,16H,8-10H2,1H3,(H,23,26)(H,25,28). The third-order valence-corrected chi connectivity index (χ3v) is 5.54. The van der Waals surface area contributed by atoms with Crippen LogP contribution in [0.3, 0.4) is 0 Å². The molecular weight excluding hydrogens is 350 g/mol. The maximum atomic E-state index is 13.1. The van der Waals surface area contributed by atoms with Crippen LogP contribution < -0.4 is 5.32 Å². The van der Waals surface area contributed by atoms with Gasteiger partial charge in [0.2, 0.25) is 0 Å². The fraction of sp³-hybridized carbons (Fsp3) is 0.227. The van der Waals surface area contributed by atoms with E-state index in [1.54, 1.807) is 4.68 Å². The van der Waals surface area contributed by atoms with E-state index in [0.29, 0.717) is 5.56 Å². The first-order valence-electron chi connectivity index (χ1n) is 9.52. The van der Waals surface area contributed by atoms with Gasteiger partial charge >= 0.3 is 0 Å². The Labute approximate surface area is 162 Å². The largest absolute Gasteiger partial charge is 0.349 e. The number of nitrogens with zero attached hydrogens (tertiary/aromatic N) is 3. The van der Waals surface area contributed by atoms with Crippen LogP contribution in [0.15, 0.2) is 55.0 Å². The average molecular weight is 371 g/mol. The molecule has 0 spiro atoms. The maximum Gasteiger partial charge on any atom is 0.252 e. The molecule has 0 aliphatic heterocycles. The van der Waals surface area contributed by atoms with E-state index >= 15 is 0 Å². The molecular formula is C22H21N5O. The highest BCUT2D eigenvalue weighted by Crippen LogP contribution is 2.30. The smallest absolute Gasteiger partial charge is 0.252 e. The summed E-state index contributed by atoms with van der Waals surface area (Å²) in [5, 5.41) is 16.7. The molecule has 28 heavy (non-hydrogen) atoms. The Kier molecular flexibility index (Phi) is 3.97. The highest BCUT2D eigenvalue weighted by atomic mass is 16.1. The zero-order valence-corrected chi connectivity index (χ0v) is 15.6. The number of carbonyl (C=O) groups excluding carboxylic acids is 1. The minimum atomic E-state index is -0.0260. The number of rotatable bonds is 3. The van der Waals surface area contributed by atoms with Crippen molar-refractivity contribution in [2.45, 2.75) is 25.3 Å². The van der Waals surface area contributed by atoms with Crippen molar-refractivity contribution < 1.29 is 4.79 Å². The van der Waals surface area contributed by atoms with Gasteiger partial charge in [-0.1, -0.05) is 30.3 Å². The van der Waals surface area contributed by atoms with E-state index in [1.165, 1.54) is 5.56 Å². The predicted molar refractivity (Wildman–Crippen MR) is 108 cm³/mol. The Hall–Kier alpha value is -3.41. The molecule has 0 bridgehead atoms. The van der Waals surface area contributed by atoms with Gasteiger partial charge in [0.25, 0.3) is 5.91 Å². The van der Waals surface area contributed by atoms with Crippen molar-refractivity contribution in [1.29, 1.82) is 0 Å². The van der Waals surface area contributed by atoms with Crippen molar-refractivity contribution in [1.82, 2.24) is 25.3 Å². The monoisotopic (exact) mass is 371 g/mol. The summed E-state index contributed by atoms with van der Waals surface area (Å²) in [4.78, 5) is 13.1. The molecule has 6 nitrogen and oxygen atoms in total. The molecule has 2 aromatic heterocycles. The van der Waals surface area contributed by atoms with Gasteiger partial charge in [0.1, 0.15) is 0 Å². The first-order valence-corrected chi connectivity index (χ1v) is 9.52. The molecule has 1 atom stereocenters. The maximum absolute atomic E-state index is 13.1. The van der Waals surface area contributed by atoms with Gasteiger partial charge in [0, 0.05) is 42.5 Å². The Balaban J connectivity index is 1.47. The van der Waals surface area contributed by atoms with Crippen molar-refractivity contribution in [3.05, 3.63) is 71.8 Å². The second kappa shape index (κ2) is 6.64. The summed E-state index contributed by atoms with van der Waals surface area (Å²) in [6, 6.07) is 12.1. The number of benzene rings is 2. The lowest BCUT2D eigenvalue weighted by Crippen LogP contribution is -2.38. The van der Waals surface area contributed by atoms with Gasteiger partial charge in [-0.15, -0.1) is 0 Å². The molecule has 1 aliphatic rings. The summed E-state index contributed by atoms with van der Waals surface area (Å²) in [7, 11) is 1.91. The summed E-state index contributed by atoms with van der Waals surface area (Å²) in [5.41, 5.74) is 5.23. The van der Waals surface area contributed by atoms with Gasteiger partial charge in [-0.25, -0.2) is 0 Å². The number of nitrogens with one attached hydrogen (secondary N) is 2. The molecule has 6 heteroatoms. The summed E-state index contributed by atoms with van der Waals surface area (Å²) < 4.78 is 1.79. The molecule has 0 saturated heterocycles. The quantitative estimate of drug-likeness (QED) is 0.580. The molecule has 1 unspecified atom stereocenters. The number of hydrogen-bond donors (Lipinski definition) is 2. The van der Waals surface area contributed by atoms with Gasteiger partial charge in [0.05, 0.1) is 12.4 Å². The molecule has 1 amide bonds. The fourth-order valence-corrected chi connectivity index (χ4v) is 4.11. The number of amides is 1. The van der Waals surface area contributed by atoms with Crippen LogP contribution in [-0.4, -0.2) is 31.9 Å². The Morgan fingerprint density at radius 3 is 2.89 bits per heavy atom. The molecule has 1 aliphatic carbocycles. The molecule has 0 radical (unpaired) electrons. The van der Waals surface area contributed by atoms with Crippen LogP contribution in [-0.2, 0) is 19.9 Å². The predicted octanol–water partition coefficient (Wildman–Crippen LogP) is 3.25. The highest BCUT2D eigenvalue weighted by Gasteiger charge is 2.23. The Morgan fingerprint density at radius 1 is 1.18 bits per heavy atom. The zero-order valence-electron chi connectivity index (χ0n) is 15.6. The second-order valence-electron chi connectivity index (χ2n) is 7.40. The lowest BCUT2D eigenvalue weighted by atomic mass is 9.93. The third-order valence-electron chi connectivity index (χ3n) is 5.54. The van der Waals surface area contributed by atoms with E-state index in [1.807, 2.05) is 49.9 Å². The van der Waals surface area contributed by atoms with Gasteiger partial charge < -0.3 is 5.32 Å². The molecule has 2 N–H and O–H groups in total. The number of aryl methyl sites for hydroxylation is 2. The topological polar surface area (TPSA) is 75.6 Å². The van der Waals surface area contributed by atoms with Gasteiger partial charge in [-0.2, -0.15) is 10.2 Å². The van der Waals surface area contributed by atoms with E-state index in [2.05, 4.69) is 32.7 Å². The van der Waals surface area contributed by atoms with E-state index in [-0.39, 0.29) is 11.9 Å². The Bertz CT molecular complexity index is 1170. The average Bonchev–Trinajstić information content (AvgIpc) is 3.35. The summed E-state index contributed by atoms with van der Waals surface area (Å²) in [6.45, 7) is 0. The van der Waals surface area contributed by atoms with Crippen LogP contribution in [0, 0.1) is 0 Å². The van der Waals surface area contributed by atoms with Crippen LogP contribution in [0.2, 0.25) is 0 Å². The number of aromatic amines is 1. The summed E-state index contributed by atoms with van der Waals surface area (Å²) in [5.74, 6) is -0.0260. The molecule has 2 aromatic carbocycles. The van der Waals surface area contributed by atoms with Crippen molar-refractivity contribution >= 4 is 16.7 Å². The van der Waals surface area contributed by atoms with Gasteiger partial charge in [-0.3, -0.25) is 14.6 Å². The highest BCUT2D eigenvalue weighted by molar-refractivity contribution is 6.10. The third kappa shape index (κ3) is 2.87. The first kappa shape index (κ1) is 16.7. The van der Waals surface area contributed by atoms with Crippen LogP contribution in [0.1, 0.15) is 28.0 Å². The number of aromatic nitrogens is 4. The molecule has 0 fully saturated rings. The van der Waals surface area contributed by atoms with E-state index < -0.39 is 0 Å². The number of H-pyrrole nitrogens is 1. The van der Waals surface area contributed by atoms with Gasteiger partial charge in [0.15, 0.2) is 0 Å².